The van der Waals surface area contributed by atoms with E-state index in [0.29, 0.717) is 12.2 Å². The number of anilines is 2. The molecule has 4 aliphatic heterocycles. The molecular weight excluding hydrogens is 451 g/mol. The average Bonchev–Trinajstić information content (AvgIpc) is 3.66. The lowest BCUT2D eigenvalue weighted by Crippen LogP contribution is -2.53. The first-order valence-corrected chi connectivity index (χ1v) is 14.0. The third kappa shape index (κ3) is 5.76. The number of piperidine rings is 2. The number of carbonyl (C=O) groups excluding carboxylic acids is 1. The van der Waals surface area contributed by atoms with Crippen LogP contribution in [0.4, 0.5) is 15.8 Å². The summed E-state index contributed by atoms with van der Waals surface area (Å²) in [5, 5.41) is 3.22. The van der Waals surface area contributed by atoms with Crippen LogP contribution < -0.4 is 15.1 Å². The van der Waals surface area contributed by atoms with Crippen LogP contribution in [0.3, 0.4) is 0 Å². The average molecular weight is 493 g/mol. The molecule has 4 saturated heterocycles. The summed E-state index contributed by atoms with van der Waals surface area (Å²) in [7, 11) is 0. The number of hydrogen-bond acceptors (Lipinski definition) is 4. The molecule has 36 heavy (non-hydrogen) atoms. The van der Waals surface area contributed by atoms with E-state index < -0.39 is 0 Å². The van der Waals surface area contributed by atoms with Gasteiger partial charge in [0.1, 0.15) is 5.82 Å². The Bertz CT molecular complexity index is 988. The number of halogens is 1. The van der Waals surface area contributed by atoms with Gasteiger partial charge < -0.3 is 15.1 Å². The van der Waals surface area contributed by atoms with Crippen molar-refractivity contribution in [2.75, 3.05) is 55.6 Å². The zero-order valence-corrected chi connectivity index (χ0v) is 21.6. The number of benzene rings is 2. The van der Waals surface area contributed by atoms with Crippen molar-refractivity contribution in [3.05, 3.63) is 59.9 Å². The maximum absolute atomic E-state index is 15.1. The van der Waals surface area contributed by atoms with E-state index in [0.717, 1.165) is 76.9 Å². The van der Waals surface area contributed by atoms with Crippen molar-refractivity contribution in [3.8, 4) is 0 Å². The molecule has 0 radical (unpaired) electrons. The second-order valence-corrected chi connectivity index (χ2v) is 10.9. The Morgan fingerprint density at radius 3 is 2.17 bits per heavy atom. The van der Waals surface area contributed by atoms with E-state index in [9.17, 15) is 4.79 Å². The quantitative estimate of drug-likeness (QED) is 0.636. The highest BCUT2D eigenvalue weighted by molar-refractivity contribution is 5.98. The zero-order chi connectivity index (χ0) is 24.8. The van der Waals surface area contributed by atoms with Crippen molar-refractivity contribution in [2.45, 2.75) is 57.9 Å². The van der Waals surface area contributed by atoms with Crippen LogP contribution in [0, 0.1) is 11.2 Å². The largest absolute Gasteiger partial charge is 0.371 e. The number of amides is 1. The summed E-state index contributed by atoms with van der Waals surface area (Å²) in [5.41, 5.74) is 2.38. The molecule has 4 aliphatic rings. The van der Waals surface area contributed by atoms with Gasteiger partial charge in [-0.3, -0.25) is 9.69 Å². The molecular formula is C30H41FN4O. The SMILES string of the molecule is C1CCNC1.O=C1N(c2ccc(N3CCCC3)cc2F)CCCC12CCN(Cc1ccccc1)CC2. The van der Waals surface area contributed by atoms with E-state index in [4.69, 9.17) is 0 Å². The molecule has 4 heterocycles. The Balaban J connectivity index is 0.000000477. The smallest absolute Gasteiger partial charge is 0.233 e. The van der Waals surface area contributed by atoms with Gasteiger partial charge in [-0.25, -0.2) is 4.39 Å². The van der Waals surface area contributed by atoms with Crippen LogP contribution in [0.5, 0.6) is 0 Å². The molecule has 0 aliphatic carbocycles. The topological polar surface area (TPSA) is 38.8 Å². The zero-order valence-electron chi connectivity index (χ0n) is 21.6. The first-order valence-electron chi connectivity index (χ1n) is 14.0. The molecule has 0 atom stereocenters. The van der Waals surface area contributed by atoms with E-state index in [1.165, 1.54) is 31.5 Å². The molecule has 6 heteroatoms. The molecule has 1 amide bonds. The fourth-order valence-corrected chi connectivity index (χ4v) is 6.26. The third-order valence-corrected chi connectivity index (χ3v) is 8.45. The lowest BCUT2D eigenvalue weighted by molar-refractivity contribution is -0.133. The minimum absolute atomic E-state index is 0.130. The lowest BCUT2D eigenvalue weighted by Gasteiger charge is -2.46. The monoisotopic (exact) mass is 492 g/mol. The normalized spacial score (nSPS) is 22.1. The molecule has 0 bridgehead atoms. The number of hydrogen-bond donors (Lipinski definition) is 1. The Labute approximate surface area is 215 Å². The van der Waals surface area contributed by atoms with Crippen LogP contribution in [0.25, 0.3) is 0 Å². The number of rotatable bonds is 4. The Hall–Kier alpha value is -2.44. The number of nitrogens with zero attached hydrogens (tertiary/aromatic N) is 3. The minimum atomic E-state index is -0.328. The van der Waals surface area contributed by atoms with Crippen LogP contribution in [0.15, 0.2) is 48.5 Å². The second kappa shape index (κ2) is 11.7. The van der Waals surface area contributed by atoms with Gasteiger partial charge in [0.15, 0.2) is 0 Å². The molecule has 0 aromatic heterocycles. The number of likely N-dealkylation sites (tertiary alicyclic amines) is 1. The van der Waals surface area contributed by atoms with Crippen molar-refractivity contribution in [2.24, 2.45) is 5.41 Å². The minimum Gasteiger partial charge on any atom is -0.371 e. The summed E-state index contributed by atoms with van der Waals surface area (Å²) >= 11 is 0. The van der Waals surface area contributed by atoms with E-state index in [-0.39, 0.29) is 17.1 Å². The van der Waals surface area contributed by atoms with Gasteiger partial charge in [0, 0.05) is 31.9 Å². The molecule has 0 saturated carbocycles. The fourth-order valence-electron chi connectivity index (χ4n) is 6.26. The van der Waals surface area contributed by atoms with Crippen LogP contribution >= 0.6 is 0 Å². The number of nitrogens with one attached hydrogen (secondary N) is 1. The van der Waals surface area contributed by atoms with Crippen molar-refractivity contribution in [1.82, 2.24) is 10.2 Å². The summed E-state index contributed by atoms with van der Waals surface area (Å²) in [6.45, 7) is 7.87. The van der Waals surface area contributed by atoms with Gasteiger partial charge in [-0.2, -0.15) is 0 Å². The standard InChI is InChI=1S/C26H32FN3O.C4H9N/c27-23-19-22(29-14-4-5-15-29)9-10-24(23)30-16-6-11-26(25(30)31)12-17-28(18-13-26)20-21-7-2-1-3-8-21;1-2-4-5-3-1/h1-3,7-10,19H,4-6,11-18,20H2;5H,1-4H2. The Morgan fingerprint density at radius 1 is 0.806 bits per heavy atom. The van der Waals surface area contributed by atoms with Crippen LogP contribution in [-0.4, -0.2) is 56.6 Å². The molecule has 6 rings (SSSR count). The van der Waals surface area contributed by atoms with Crippen LogP contribution in [0.2, 0.25) is 0 Å². The summed E-state index contributed by atoms with van der Waals surface area (Å²) in [5.74, 6) is -0.137. The van der Waals surface area contributed by atoms with Crippen LogP contribution in [-0.2, 0) is 11.3 Å². The summed E-state index contributed by atoms with van der Waals surface area (Å²) in [6.07, 6.45) is 8.70. The Morgan fingerprint density at radius 2 is 1.53 bits per heavy atom. The van der Waals surface area contributed by atoms with Gasteiger partial charge in [0.05, 0.1) is 11.1 Å². The van der Waals surface area contributed by atoms with Crippen molar-refractivity contribution in [1.29, 1.82) is 0 Å². The molecule has 2 aromatic rings. The van der Waals surface area contributed by atoms with Crippen molar-refractivity contribution in [3.63, 3.8) is 0 Å². The number of carbonyl (C=O) groups is 1. The summed E-state index contributed by atoms with van der Waals surface area (Å²) in [4.78, 5) is 20.0. The highest BCUT2D eigenvalue weighted by Crippen LogP contribution is 2.43. The molecule has 2 aromatic carbocycles. The van der Waals surface area contributed by atoms with E-state index in [2.05, 4.69) is 39.4 Å². The molecule has 4 fully saturated rings. The first-order chi connectivity index (χ1) is 17.6. The summed E-state index contributed by atoms with van der Waals surface area (Å²) in [6, 6.07) is 15.9. The molecule has 194 valence electrons. The lowest BCUT2D eigenvalue weighted by atomic mass is 9.71. The Kier molecular flexibility index (Phi) is 8.22. The maximum Gasteiger partial charge on any atom is 0.233 e. The molecule has 1 N–H and O–H groups in total. The summed E-state index contributed by atoms with van der Waals surface area (Å²) < 4.78 is 15.1. The van der Waals surface area contributed by atoms with Gasteiger partial charge in [0.25, 0.3) is 0 Å². The van der Waals surface area contributed by atoms with Crippen molar-refractivity contribution < 1.29 is 9.18 Å². The molecule has 5 nitrogen and oxygen atoms in total. The van der Waals surface area contributed by atoms with E-state index in [1.807, 2.05) is 18.2 Å². The third-order valence-electron chi connectivity index (χ3n) is 8.45. The molecule has 0 unspecified atom stereocenters. The van der Waals surface area contributed by atoms with Crippen LogP contribution in [0.1, 0.15) is 56.9 Å². The predicted molar refractivity (Wildman–Crippen MR) is 145 cm³/mol. The van der Waals surface area contributed by atoms with E-state index >= 15 is 4.39 Å². The van der Waals surface area contributed by atoms with Gasteiger partial charge >= 0.3 is 0 Å². The highest BCUT2D eigenvalue weighted by atomic mass is 19.1. The van der Waals surface area contributed by atoms with Gasteiger partial charge in [-0.1, -0.05) is 30.3 Å². The highest BCUT2D eigenvalue weighted by Gasteiger charge is 2.46. The van der Waals surface area contributed by atoms with E-state index in [1.54, 1.807) is 11.0 Å². The van der Waals surface area contributed by atoms with Gasteiger partial charge in [0.2, 0.25) is 5.91 Å². The predicted octanol–water partition coefficient (Wildman–Crippen LogP) is 5.20. The fraction of sp³-hybridized carbons (Fsp3) is 0.567. The van der Waals surface area contributed by atoms with Gasteiger partial charge in [-0.05, 0) is 101 Å². The van der Waals surface area contributed by atoms with Crippen molar-refractivity contribution >= 4 is 17.3 Å². The maximum atomic E-state index is 15.1. The second-order valence-electron chi connectivity index (χ2n) is 10.9. The first kappa shape index (κ1) is 25.2. The molecule has 1 spiro atoms. The van der Waals surface area contributed by atoms with Gasteiger partial charge in [-0.15, -0.1) is 0 Å².